The summed E-state index contributed by atoms with van der Waals surface area (Å²) >= 11 is 14.8. The molecule has 0 radical (unpaired) electrons. The Morgan fingerprint density at radius 1 is 1.16 bits per heavy atom. The Balaban J connectivity index is 1.33. The molecule has 2 unspecified atom stereocenters. The summed E-state index contributed by atoms with van der Waals surface area (Å²) in [6, 6.07) is 11.1. The fraction of sp³-hybridized carbons (Fsp3) is 0.400. The van der Waals surface area contributed by atoms with E-state index in [9.17, 15) is 14.7 Å². The van der Waals surface area contributed by atoms with E-state index in [0.29, 0.717) is 62.3 Å². The zero-order valence-electron chi connectivity index (χ0n) is 27.0. The first-order valence-corrected chi connectivity index (χ1v) is 17.0. The van der Waals surface area contributed by atoms with Crippen molar-refractivity contribution in [1.29, 1.82) is 0 Å². The molecule has 11 nitrogen and oxygen atoms in total. The molecule has 1 aliphatic carbocycles. The van der Waals surface area contributed by atoms with Crippen LogP contribution in [0.15, 0.2) is 67.0 Å². The van der Waals surface area contributed by atoms with Crippen LogP contribution in [0.4, 0.5) is 10.2 Å². The minimum Gasteiger partial charge on any atom is -0.481 e. The van der Waals surface area contributed by atoms with Gasteiger partial charge in [0.25, 0.3) is 0 Å². The van der Waals surface area contributed by atoms with Gasteiger partial charge in [-0.05, 0) is 55.6 Å². The van der Waals surface area contributed by atoms with E-state index in [-0.39, 0.29) is 35.9 Å². The quantitative estimate of drug-likeness (QED) is 0.194. The van der Waals surface area contributed by atoms with E-state index in [4.69, 9.17) is 32.9 Å². The van der Waals surface area contributed by atoms with E-state index >= 15 is 4.39 Å². The number of carbonyl (C=O) groups excluding carboxylic acids is 1. The number of nitrogens with one attached hydrogen (secondary N) is 3. The Bertz CT molecular complexity index is 1750. The topological polar surface area (TPSA) is 142 Å². The molecule has 1 amide bonds. The number of ether oxygens (including phenoxy) is 1. The lowest BCUT2D eigenvalue weighted by Gasteiger charge is -2.44. The van der Waals surface area contributed by atoms with Crippen molar-refractivity contribution in [3.63, 3.8) is 0 Å². The highest BCUT2D eigenvalue weighted by atomic mass is 35.5. The zero-order chi connectivity index (χ0) is 34.6. The summed E-state index contributed by atoms with van der Waals surface area (Å²) in [5.41, 5.74) is 0.906. The monoisotopic (exact) mass is 709 g/mol. The number of rotatable bonds is 12. The van der Waals surface area contributed by atoms with Crippen LogP contribution >= 0.6 is 23.2 Å². The highest BCUT2D eigenvalue weighted by Gasteiger charge is 2.55. The van der Waals surface area contributed by atoms with E-state index in [1.165, 1.54) is 19.5 Å². The van der Waals surface area contributed by atoms with Gasteiger partial charge in [-0.15, -0.1) is 0 Å². The minimum atomic E-state index is -1.76. The van der Waals surface area contributed by atoms with Crippen LogP contribution in [-0.4, -0.2) is 74.0 Å². The lowest BCUT2D eigenvalue weighted by molar-refractivity contribution is -0.143. The number of benzene rings is 1. The van der Waals surface area contributed by atoms with Crippen LogP contribution in [0.1, 0.15) is 48.2 Å². The van der Waals surface area contributed by atoms with Crippen molar-refractivity contribution >= 4 is 46.5 Å². The van der Waals surface area contributed by atoms with Crippen molar-refractivity contribution in [2.24, 2.45) is 5.92 Å². The third kappa shape index (κ3) is 7.28. The molecule has 4 heterocycles. The van der Waals surface area contributed by atoms with E-state index in [0.717, 1.165) is 12.0 Å². The van der Waals surface area contributed by atoms with E-state index in [1.807, 2.05) is 35.2 Å². The molecule has 2 aromatic heterocycles. The summed E-state index contributed by atoms with van der Waals surface area (Å²) in [5.74, 6) is -1.61. The van der Waals surface area contributed by atoms with Crippen LogP contribution in [0.2, 0.25) is 0 Å². The van der Waals surface area contributed by atoms with Gasteiger partial charge in [0.1, 0.15) is 11.2 Å². The maximum atomic E-state index is 16.4. The molecule has 3 aliphatic rings. The Kier molecular flexibility index (Phi) is 10.5. The van der Waals surface area contributed by atoms with Gasteiger partial charge in [0.2, 0.25) is 11.8 Å². The number of carboxylic acid groups (broad SMARTS) is 1. The van der Waals surface area contributed by atoms with Gasteiger partial charge < -0.3 is 25.8 Å². The number of carbonyl (C=O) groups is 2. The largest absolute Gasteiger partial charge is 0.481 e. The van der Waals surface area contributed by atoms with Crippen molar-refractivity contribution in [3.05, 3.63) is 95.4 Å². The van der Waals surface area contributed by atoms with Crippen molar-refractivity contribution in [1.82, 2.24) is 30.5 Å². The molecule has 258 valence electrons. The average molecular weight is 711 g/mol. The second kappa shape index (κ2) is 14.8. The number of likely N-dealkylation sites (tertiary alicyclic amines) is 1. The number of nitrogens with zero attached hydrogens (tertiary/aromatic N) is 4. The third-order valence-corrected chi connectivity index (χ3v) is 10.3. The summed E-state index contributed by atoms with van der Waals surface area (Å²) < 4.78 is 20.3. The Hall–Kier alpha value is -4.10. The number of piperidine rings is 1. The predicted molar refractivity (Wildman–Crippen MR) is 185 cm³/mol. The van der Waals surface area contributed by atoms with Crippen molar-refractivity contribution < 1.29 is 23.8 Å². The van der Waals surface area contributed by atoms with Gasteiger partial charge in [0.05, 0.1) is 24.9 Å². The molecule has 4 N–H and O–H groups in total. The normalized spacial score (nSPS) is 22.4. The fourth-order valence-corrected chi connectivity index (χ4v) is 7.32. The zero-order valence-corrected chi connectivity index (χ0v) is 28.5. The van der Waals surface area contributed by atoms with Crippen LogP contribution < -0.4 is 20.7 Å². The molecular formula is C35H38Cl2FN7O4. The van der Waals surface area contributed by atoms with Gasteiger partial charge in [0, 0.05) is 43.9 Å². The van der Waals surface area contributed by atoms with E-state index in [1.54, 1.807) is 24.3 Å². The number of allylic oxidation sites excluding steroid dienone is 2. The highest BCUT2D eigenvalue weighted by molar-refractivity contribution is 6.55. The molecule has 49 heavy (non-hydrogen) atoms. The predicted octanol–water partition coefficient (Wildman–Crippen LogP) is 4.82. The van der Waals surface area contributed by atoms with Crippen LogP contribution in [0, 0.1) is 11.7 Å². The standard InChI is InChI=1S/C35H38Cl2FN7O4/c1-49-32-27(19-39-18-25-9-10-29(46)42-25)41-20-28(43-32)34(14-5-8-26(35(34,36)37)22-6-3-2-4-7-22)44-31-30(38)24(11-15-40-31)21-45-16-12-23(13-17-45)33(47)48/h2-8,11,14-15,20,23,25,39H,9-10,12-13,16-19,21H2,1H3,(H,40,44)(H,42,46)(H,47,48). The minimum absolute atomic E-state index is 0.0385. The van der Waals surface area contributed by atoms with Gasteiger partial charge in [-0.25, -0.2) is 14.4 Å². The maximum absolute atomic E-state index is 16.4. The van der Waals surface area contributed by atoms with E-state index < -0.39 is 27.6 Å². The number of aromatic nitrogens is 3. The Labute approximate surface area is 294 Å². The maximum Gasteiger partial charge on any atom is 0.306 e. The molecule has 2 fully saturated rings. The Morgan fingerprint density at radius 3 is 2.63 bits per heavy atom. The number of halogens is 3. The van der Waals surface area contributed by atoms with E-state index in [2.05, 4.69) is 25.9 Å². The Morgan fingerprint density at radius 2 is 1.94 bits per heavy atom. The SMILES string of the molecule is COc1nc(C2(Nc3nccc(CN4CCC(C(=O)O)CC4)c3F)C=CC=C(c3ccccc3)C2(Cl)Cl)cnc1CNCC1CCC(=O)N1. The van der Waals surface area contributed by atoms with Gasteiger partial charge in [-0.2, -0.15) is 0 Å². The van der Waals surface area contributed by atoms with Crippen LogP contribution in [0.5, 0.6) is 5.88 Å². The van der Waals surface area contributed by atoms with Crippen LogP contribution in [-0.2, 0) is 28.2 Å². The summed E-state index contributed by atoms with van der Waals surface area (Å²) in [6.45, 7) is 2.24. The number of alkyl halides is 2. The van der Waals surface area contributed by atoms with Crippen LogP contribution in [0.3, 0.4) is 0 Å². The second-order valence-electron chi connectivity index (χ2n) is 12.5. The number of amides is 1. The molecule has 2 atom stereocenters. The van der Waals surface area contributed by atoms with Gasteiger partial charge in [-0.1, -0.05) is 65.7 Å². The molecule has 2 saturated heterocycles. The number of hydrogen-bond donors (Lipinski definition) is 4. The number of methoxy groups -OCH3 is 1. The molecule has 2 aliphatic heterocycles. The number of hydrogen-bond acceptors (Lipinski definition) is 9. The summed E-state index contributed by atoms with van der Waals surface area (Å²) in [7, 11) is 1.49. The average Bonchev–Trinajstić information content (AvgIpc) is 3.52. The number of pyridine rings is 1. The van der Waals surface area contributed by atoms with Gasteiger partial charge >= 0.3 is 5.97 Å². The molecule has 0 saturated carbocycles. The van der Waals surface area contributed by atoms with Gasteiger partial charge in [-0.3, -0.25) is 19.5 Å². The second-order valence-corrected chi connectivity index (χ2v) is 13.8. The fourth-order valence-electron chi connectivity index (χ4n) is 6.56. The number of anilines is 1. The van der Waals surface area contributed by atoms with Crippen molar-refractivity contribution in [2.75, 3.05) is 32.1 Å². The number of carboxylic acids is 1. The lowest BCUT2D eigenvalue weighted by atomic mass is 9.80. The molecule has 0 spiro atoms. The summed E-state index contributed by atoms with van der Waals surface area (Å²) in [6.07, 6.45) is 10.6. The van der Waals surface area contributed by atoms with Gasteiger partial charge in [0.15, 0.2) is 16.0 Å². The molecule has 1 aromatic carbocycles. The highest BCUT2D eigenvalue weighted by Crippen LogP contribution is 2.54. The smallest absolute Gasteiger partial charge is 0.306 e. The third-order valence-electron chi connectivity index (χ3n) is 9.32. The molecule has 14 heteroatoms. The summed E-state index contributed by atoms with van der Waals surface area (Å²) in [4.78, 5) is 38.9. The first-order valence-electron chi connectivity index (χ1n) is 16.2. The van der Waals surface area contributed by atoms with Crippen molar-refractivity contribution in [3.8, 4) is 5.88 Å². The molecular weight excluding hydrogens is 672 g/mol. The molecule has 6 rings (SSSR count). The summed E-state index contributed by atoms with van der Waals surface area (Å²) in [5, 5.41) is 18.9. The number of aliphatic carboxylic acids is 1. The first-order chi connectivity index (χ1) is 23.6. The van der Waals surface area contributed by atoms with Crippen molar-refractivity contribution in [2.45, 2.75) is 54.7 Å². The lowest BCUT2D eigenvalue weighted by Crippen LogP contribution is -2.51. The molecule has 0 bridgehead atoms. The van der Waals surface area contributed by atoms with Crippen LogP contribution in [0.25, 0.3) is 5.57 Å². The molecule has 3 aromatic rings. The first kappa shape index (κ1) is 34.8.